The molecule has 0 aliphatic heterocycles. The number of rotatable bonds is 3. The van der Waals surface area contributed by atoms with E-state index in [1.54, 1.807) is 0 Å². The largest absolute Gasteiger partial charge is 0.573 e. The molecule has 0 radical (unpaired) electrons. The number of carbonyl (C=O) groups excluding carboxylic acids is 1. The average molecular weight is 353 g/mol. The van der Waals surface area contributed by atoms with E-state index in [9.17, 15) is 22.4 Å². The van der Waals surface area contributed by atoms with Crippen LogP contribution in [-0.2, 0) is 0 Å². The molecule has 0 aromatic heterocycles. The molecule has 0 saturated heterocycles. The van der Waals surface area contributed by atoms with Crippen molar-refractivity contribution < 1.29 is 27.1 Å². The van der Waals surface area contributed by atoms with Crippen molar-refractivity contribution in [3.63, 3.8) is 0 Å². The fourth-order valence-electron chi connectivity index (χ4n) is 1.78. The van der Waals surface area contributed by atoms with Gasteiger partial charge in [0.15, 0.2) is 0 Å². The lowest BCUT2D eigenvalue weighted by Crippen LogP contribution is -2.17. The minimum Gasteiger partial charge on any atom is -0.406 e. The van der Waals surface area contributed by atoms with Gasteiger partial charge in [0.25, 0.3) is 5.24 Å². The van der Waals surface area contributed by atoms with Gasteiger partial charge in [-0.1, -0.05) is 23.7 Å². The zero-order valence-electron chi connectivity index (χ0n) is 10.5. The molecule has 0 unspecified atom stereocenters. The summed E-state index contributed by atoms with van der Waals surface area (Å²) in [6.45, 7) is 0. The first-order valence-corrected chi connectivity index (χ1v) is 6.48. The third-order valence-electron chi connectivity index (χ3n) is 2.65. The highest BCUT2D eigenvalue weighted by Gasteiger charge is 2.31. The SMILES string of the molecule is O=C(Cl)c1cc(F)c(-c2cccc(OC(F)(F)F)c2)cc1Cl. The van der Waals surface area contributed by atoms with Gasteiger partial charge in [0.05, 0.1) is 10.6 Å². The van der Waals surface area contributed by atoms with Gasteiger partial charge in [-0.2, -0.15) is 0 Å². The predicted molar refractivity (Wildman–Crippen MR) is 73.7 cm³/mol. The van der Waals surface area contributed by atoms with Crippen molar-refractivity contribution in [1.82, 2.24) is 0 Å². The zero-order chi connectivity index (χ0) is 16.5. The summed E-state index contributed by atoms with van der Waals surface area (Å²) in [7, 11) is 0. The number of alkyl halides is 3. The van der Waals surface area contributed by atoms with Crippen LogP contribution < -0.4 is 4.74 Å². The van der Waals surface area contributed by atoms with Crippen LogP contribution in [0.25, 0.3) is 11.1 Å². The third-order valence-corrected chi connectivity index (χ3v) is 3.16. The molecular formula is C14H6Cl2F4O2. The molecule has 116 valence electrons. The van der Waals surface area contributed by atoms with Crippen LogP contribution in [0.4, 0.5) is 17.6 Å². The number of hydrogen-bond donors (Lipinski definition) is 0. The Labute approximate surface area is 132 Å². The van der Waals surface area contributed by atoms with Crippen LogP contribution in [0.2, 0.25) is 5.02 Å². The second kappa shape index (κ2) is 6.14. The number of benzene rings is 2. The molecule has 2 aromatic carbocycles. The zero-order valence-corrected chi connectivity index (χ0v) is 12.1. The van der Waals surface area contributed by atoms with Crippen LogP contribution in [-0.4, -0.2) is 11.6 Å². The normalized spacial score (nSPS) is 11.4. The van der Waals surface area contributed by atoms with Crippen LogP contribution in [0, 0.1) is 5.82 Å². The van der Waals surface area contributed by atoms with E-state index in [1.807, 2.05) is 0 Å². The molecule has 0 fully saturated rings. The van der Waals surface area contributed by atoms with Crippen molar-refractivity contribution in [1.29, 1.82) is 0 Å². The molecule has 0 spiro atoms. The lowest BCUT2D eigenvalue weighted by Gasteiger charge is -2.11. The summed E-state index contributed by atoms with van der Waals surface area (Å²) in [6.07, 6.45) is -4.86. The van der Waals surface area contributed by atoms with E-state index in [0.717, 1.165) is 24.3 Å². The van der Waals surface area contributed by atoms with Gasteiger partial charge in [0, 0.05) is 5.56 Å². The Morgan fingerprint density at radius 1 is 1.14 bits per heavy atom. The van der Waals surface area contributed by atoms with Crippen molar-refractivity contribution in [3.05, 3.63) is 52.8 Å². The molecule has 0 heterocycles. The van der Waals surface area contributed by atoms with Crippen LogP contribution in [0.15, 0.2) is 36.4 Å². The Kier molecular flexibility index (Phi) is 4.63. The second-order valence-electron chi connectivity index (χ2n) is 4.16. The van der Waals surface area contributed by atoms with Gasteiger partial charge in [-0.05, 0) is 41.4 Å². The molecular weight excluding hydrogens is 347 g/mol. The quantitative estimate of drug-likeness (QED) is 0.544. The third kappa shape index (κ3) is 3.90. The molecule has 0 aliphatic rings. The minimum absolute atomic E-state index is 0.0840. The Morgan fingerprint density at radius 2 is 1.82 bits per heavy atom. The molecule has 0 amide bonds. The minimum atomic E-state index is -4.86. The molecule has 2 nitrogen and oxygen atoms in total. The molecule has 0 bridgehead atoms. The molecule has 0 atom stereocenters. The lowest BCUT2D eigenvalue weighted by molar-refractivity contribution is -0.274. The molecule has 0 aliphatic carbocycles. The topological polar surface area (TPSA) is 26.3 Å². The summed E-state index contributed by atoms with van der Waals surface area (Å²) in [4.78, 5) is 11.0. The maximum absolute atomic E-state index is 14.0. The van der Waals surface area contributed by atoms with Crippen LogP contribution in [0.5, 0.6) is 5.75 Å². The van der Waals surface area contributed by atoms with Gasteiger partial charge in [0.1, 0.15) is 11.6 Å². The first-order chi connectivity index (χ1) is 10.2. The standard InChI is InChI=1S/C14H6Cl2F4O2/c15-11-5-9(12(17)6-10(11)13(16)21)7-2-1-3-8(4-7)22-14(18,19)20/h1-6H. The Bertz CT molecular complexity index is 729. The van der Waals surface area contributed by atoms with Crippen molar-refractivity contribution >= 4 is 28.4 Å². The summed E-state index contributed by atoms with van der Waals surface area (Å²) in [5.41, 5.74) is -0.207. The van der Waals surface area contributed by atoms with E-state index in [-0.39, 0.29) is 21.7 Å². The highest BCUT2D eigenvalue weighted by atomic mass is 35.5. The number of halogens is 6. The van der Waals surface area contributed by atoms with Crippen LogP contribution >= 0.6 is 23.2 Å². The maximum Gasteiger partial charge on any atom is 0.573 e. The van der Waals surface area contributed by atoms with Gasteiger partial charge in [-0.25, -0.2) is 4.39 Å². The van der Waals surface area contributed by atoms with E-state index < -0.39 is 23.2 Å². The summed E-state index contributed by atoms with van der Waals surface area (Å²) in [5, 5.41) is -1.05. The smallest absolute Gasteiger partial charge is 0.406 e. The fourth-order valence-corrected chi connectivity index (χ4v) is 2.23. The highest BCUT2D eigenvalue weighted by molar-refractivity contribution is 6.68. The first kappa shape index (κ1) is 16.6. The monoisotopic (exact) mass is 352 g/mol. The van der Waals surface area contributed by atoms with Crippen molar-refractivity contribution in [3.8, 4) is 16.9 Å². The van der Waals surface area contributed by atoms with Gasteiger partial charge in [-0.15, -0.1) is 13.2 Å². The van der Waals surface area contributed by atoms with Crippen molar-refractivity contribution in [2.24, 2.45) is 0 Å². The first-order valence-electron chi connectivity index (χ1n) is 5.72. The molecule has 0 saturated carbocycles. The van der Waals surface area contributed by atoms with Gasteiger partial charge >= 0.3 is 6.36 Å². The van der Waals surface area contributed by atoms with Crippen LogP contribution in [0.3, 0.4) is 0 Å². The summed E-state index contributed by atoms with van der Waals surface area (Å²) >= 11 is 11.1. The average Bonchev–Trinajstić information content (AvgIpc) is 2.39. The van der Waals surface area contributed by atoms with E-state index in [2.05, 4.69) is 4.74 Å². The maximum atomic E-state index is 14.0. The molecule has 2 aromatic rings. The highest BCUT2D eigenvalue weighted by Crippen LogP contribution is 2.32. The predicted octanol–water partition coefficient (Wildman–Crippen LogP) is 5.42. The van der Waals surface area contributed by atoms with Crippen molar-refractivity contribution in [2.75, 3.05) is 0 Å². The summed E-state index contributed by atoms with van der Waals surface area (Å²) in [6, 6.07) is 6.66. The summed E-state index contributed by atoms with van der Waals surface area (Å²) in [5.74, 6) is -1.35. The molecule has 22 heavy (non-hydrogen) atoms. The van der Waals surface area contributed by atoms with Gasteiger partial charge in [-0.3, -0.25) is 4.79 Å². The van der Waals surface area contributed by atoms with Gasteiger partial charge in [0.2, 0.25) is 0 Å². The Morgan fingerprint density at radius 3 is 2.41 bits per heavy atom. The van der Waals surface area contributed by atoms with Crippen molar-refractivity contribution in [2.45, 2.75) is 6.36 Å². The molecule has 8 heteroatoms. The molecule has 2 rings (SSSR count). The Hall–Kier alpha value is -1.79. The van der Waals surface area contributed by atoms with Gasteiger partial charge < -0.3 is 4.74 Å². The van der Waals surface area contributed by atoms with Crippen LogP contribution in [0.1, 0.15) is 10.4 Å². The second-order valence-corrected chi connectivity index (χ2v) is 4.91. The van der Waals surface area contributed by atoms with E-state index in [1.165, 1.54) is 12.1 Å². The van der Waals surface area contributed by atoms with E-state index >= 15 is 0 Å². The fraction of sp³-hybridized carbons (Fsp3) is 0.0714. The molecule has 0 N–H and O–H groups in total. The van der Waals surface area contributed by atoms with E-state index in [4.69, 9.17) is 23.2 Å². The van der Waals surface area contributed by atoms with E-state index in [0.29, 0.717) is 0 Å². The number of carbonyl (C=O) groups is 1. The number of hydrogen-bond acceptors (Lipinski definition) is 2. The summed E-state index contributed by atoms with van der Waals surface area (Å²) < 4.78 is 54.4. The lowest BCUT2D eigenvalue weighted by atomic mass is 10.0. The Balaban J connectivity index is 2.46. The number of ether oxygens (including phenoxy) is 1.